The van der Waals surface area contributed by atoms with E-state index in [1.165, 1.54) is 12.1 Å². The van der Waals surface area contributed by atoms with Crippen molar-refractivity contribution in [1.82, 2.24) is 0 Å². The van der Waals surface area contributed by atoms with Gasteiger partial charge in [0.25, 0.3) is 10.1 Å². The van der Waals surface area contributed by atoms with Crippen molar-refractivity contribution in [2.24, 2.45) is 0 Å². The Labute approximate surface area is 92.4 Å². The molecule has 84 valence electrons. The quantitative estimate of drug-likeness (QED) is 0.512. The summed E-state index contributed by atoms with van der Waals surface area (Å²) in [5.41, 5.74) is 12.0. The average molecular weight is 238 g/mol. The van der Waals surface area contributed by atoms with Crippen LogP contribution in [0, 0.1) is 0 Å². The highest BCUT2D eigenvalue weighted by molar-refractivity contribution is 7.85. The van der Waals surface area contributed by atoms with E-state index >= 15 is 0 Å². The Morgan fingerprint density at radius 1 is 1.06 bits per heavy atom. The smallest absolute Gasteiger partial charge is 0.294 e. The molecule has 0 atom stereocenters. The molecule has 0 aliphatic rings. The predicted molar refractivity (Wildman–Crippen MR) is 62.6 cm³/mol. The maximum atomic E-state index is 11.0. The first-order valence-corrected chi connectivity index (χ1v) is 5.89. The molecule has 0 saturated carbocycles. The van der Waals surface area contributed by atoms with Gasteiger partial charge in [-0.2, -0.15) is 8.42 Å². The second-order valence-electron chi connectivity index (χ2n) is 3.43. The van der Waals surface area contributed by atoms with Gasteiger partial charge in [-0.1, -0.05) is 12.1 Å². The lowest BCUT2D eigenvalue weighted by Gasteiger charge is -2.06. The molecule has 2 rings (SSSR count). The molecule has 2 aromatic carbocycles. The van der Waals surface area contributed by atoms with Crippen molar-refractivity contribution in [3.63, 3.8) is 0 Å². The van der Waals surface area contributed by atoms with Crippen LogP contribution in [-0.2, 0) is 10.1 Å². The Hall–Kier alpha value is -1.79. The monoisotopic (exact) mass is 238 g/mol. The van der Waals surface area contributed by atoms with E-state index in [0.29, 0.717) is 16.8 Å². The van der Waals surface area contributed by atoms with E-state index in [1.807, 2.05) is 0 Å². The molecular weight excluding hydrogens is 228 g/mol. The van der Waals surface area contributed by atoms with Crippen molar-refractivity contribution in [2.75, 3.05) is 11.5 Å². The third-order valence-electron chi connectivity index (χ3n) is 2.37. The van der Waals surface area contributed by atoms with Crippen molar-refractivity contribution < 1.29 is 13.0 Å². The second-order valence-corrected chi connectivity index (χ2v) is 4.85. The highest BCUT2D eigenvalue weighted by Crippen LogP contribution is 2.28. The highest BCUT2D eigenvalue weighted by atomic mass is 32.2. The van der Waals surface area contributed by atoms with Crippen LogP contribution in [0.2, 0.25) is 0 Å². The van der Waals surface area contributed by atoms with Crippen LogP contribution in [0.3, 0.4) is 0 Å². The number of hydrogen-bond acceptors (Lipinski definition) is 4. The zero-order valence-corrected chi connectivity index (χ0v) is 9.03. The van der Waals surface area contributed by atoms with Crippen LogP contribution in [0.25, 0.3) is 10.8 Å². The van der Waals surface area contributed by atoms with Gasteiger partial charge < -0.3 is 11.5 Å². The summed E-state index contributed by atoms with van der Waals surface area (Å²) in [5.74, 6) is 0. The van der Waals surface area contributed by atoms with Gasteiger partial charge in [-0.15, -0.1) is 0 Å². The molecule has 0 spiro atoms. The van der Waals surface area contributed by atoms with Crippen LogP contribution in [0.4, 0.5) is 11.4 Å². The van der Waals surface area contributed by atoms with Crippen LogP contribution in [0.1, 0.15) is 0 Å². The van der Waals surface area contributed by atoms with E-state index in [1.54, 1.807) is 18.2 Å². The van der Waals surface area contributed by atoms with Gasteiger partial charge in [0.15, 0.2) is 0 Å². The lowest BCUT2D eigenvalue weighted by atomic mass is 10.1. The predicted octanol–water partition coefficient (Wildman–Crippen LogP) is 1.25. The van der Waals surface area contributed by atoms with Crippen molar-refractivity contribution in [2.45, 2.75) is 4.90 Å². The van der Waals surface area contributed by atoms with Gasteiger partial charge >= 0.3 is 0 Å². The Kier molecular flexibility index (Phi) is 2.25. The van der Waals surface area contributed by atoms with Crippen LogP contribution < -0.4 is 11.5 Å². The minimum atomic E-state index is -4.22. The van der Waals surface area contributed by atoms with Gasteiger partial charge in [0.05, 0.1) is 16.3 Å². The van der Waals surface area contributed by atoms with Crippen molar-refractivity contribution in [3.05, 3.63) is 30.3 Å². The lowest BCUT2D eigenvalue weighted by Crippen LogP contribution is -1.99. The third kappa shape index (κ3) is 1.68. The fraction of sp³-hybridized carbons (Fsp3) is 0. The summed E-state index contributed by atoms with van der Waals surface area (Å²) in [5, 5.41) is 1.27. The van der Waals surface area contributed by atoms with Crippen LogP contribution >= 0.6 is 0 Å². The van der Waals surface area contributed by atoms with Crippen molar-refractivity contribution >= 4 is 32.3 Å². The maximum absolute atomic E-state index is 11.0. The Morgan fingerprint density at radius 3 is 2.31 bits per heavy atom. The second kappa shape index (κ2) is 3.36. The summed E-state index contributed by atoms with van der Waals surface area (Å²) in [4.78, 5) is -0.197. The summed E-state index contributed by atoms with van der Waals surface area (Å²) in [7, 11) is -4.22. The molecule has 0 unspecified atom stereocenters. The molecule has 0 radical (unpaired) electrons. The number of rotatable bonds is 1. The van der Waals surface area contributed by atoms with E-state index in [9.17, 15) is 8.42 Å². The maximum Gasteiger partial charge on any atom is 0.294 e. The molecule has 0 aromatic heterocycles. The Morgan fingerprint density at radius 2 is 1.69 bits per heavy atom. The SMILES string of the molecule is Nc1ccc2ccc(S(=O)(=O)O)cc2c1N. The summed E-state index contributed by atoms with van der Waals surface area (Å²) in [6.45, 7) is 0. The van der Waals surface area contributed by atoms with Crippen LogP contribution in [0.15, 0.2) is 35.2 Å². The molecular formula is C10H10N2O3S. The molecule has 16 heavy (non-hydrogen) atoms. The van der Waals surface area contributed by atoms with Gasteiger partial charge in [-0.25, -0.2) is 0 Å². The fourth-order valence-electron chi connectivity index (χ4n) is 1.50. The molecule has 0 saturated heterocycles. The third-order valence-corrected chi connectivity index (χ3v) is 3.22. The number of benzene rings is 2. The number of nitrogen functional groups attached to an aromatic ring is 2. The largest absolute Gasteiger partial charge is 0.397 e. The minimum Gasteiger partial charge on any atom is -0.397 e. The Balaban J connectivity index is 2.84. The fourth-order valence-corrected chi connectivity index (χ4v) is 2.01. The molecule has 6 heteroatoms. The van der Waals surface area contributed by atoms with E-state index in [0.717, 1.165) is 5.39 Å². The molecule has 5 N–H and O–H groups in total. The highest BCUT2D eigenvalue weighted by Gasteiger charge is 2.11. The lowest BCUT2D eigenvalue weighted by molar-refractivity contribution is 0.483. The van der Waals surface area contributed by atoms with Gasteiger partial charge in [0.2, 0.25) is 0 Å². The van der Waals surface area contributed by atoms with E-state index in [-0.39, 0.29) is 4.90 Å². The normalized spacial score (nSPS) is 11.8. The molecule has 0 fully saturated rings. The standard InChI is InChI=1S/C10H10N2O3S/c11-9-4-2-6-1-3-7(16(13,14)15)5-8(6)10(9)12/h1-5H,11-12H2,(H,13,14,15). The number of fused-ring (bicyclic) bond motifs is 1. The first-order valence-electron chi connectivity index (χ1n) is 4.45. The van der Waals surface area contributed by atoms with Gasteiger partial charge in [0, 0.05) is 5.39 Å². The molecule has 5 nitrogen and oxygen atoms in total. The van der Waals surface area contributed by atoms with Crippen LogP contribution in [0.5, 0.6) is 0 Å². The molecule has 0 heterocycles. The average Bonchev–Trinajstić information content (AvgIpc) is 2.22. The van der Waals surface area contributed by atoms with E-state index < -0.39 is 10.1 Å². The minimum absolute atomic E-state index is 0.197. The summed E-state index contributed by atoms with van der Waals surface area (Å²) in [6, 6.07) is 7.55. The Bertz CT molecular complexity index is 665. The molecule has 0 amide bonds. The van der Waals surface area contributed by atoms with E-state index in [2.05, 4.69) is 0 Å². The first-order chi connectivity index (χ1) is 7.39. The van der Waals surface area contributed by atoms with Crippen molar-refractivity contribution in [3.8, 4) is 0 Å². The topological polar surface area (TPSA) is 106 Å². The van der Waals surface area contributed by atoms with E-state index in [4.69, 9.17) is 16.0 Å². The molecule has 2 aromatic rings. The summed E-state index contributed by atoms with van der Waals surface area (Å²) in [6.07, 6.45) is 0. The van der Waals surface area contributed by atoms with Gasteiger partial charge in [-0.05, 0) is 23.6 Å². The zero-order valence-electron chi connectivity index (χ0n) is 8.21. The summed E-state index contributed by atoms with van der Waals surface area (Å²) < 4.78 is 30.8. The van der Waals surface area contributed by atoms with Crippen molar-refractivity contribution in [1.29, 1.82) is 0 Å². The van der Waals surface area contributed by atoms with Gasteiger partial charge in [-0.3, -0.25) is 4.55 Å². The zero-order chi connectivity index (χ0) is 11.9. The summed E-state index contributed by atoms with van der Waals surface area (Å²) >= 11 is 0. The number of nitrogens with two attached hydrogens (primary N) is 2. The van der Waals surface area contributed by atoms with Crippen LogP contribution in [-0.4, -0.2) is 13.0 Å². The number of hydrogen-bond donors (Lipinski definition) is 3. The van der Waals surface area contributed by atoms with Gasteiger partial charge in [0.1, 0.15) is 0 Å². The molecule has 0 aliphatic heterocycles. The first kappa shape index (κ1) is 10.7. The molecule has 0 aliphatic carbocycles. The molecule has 0 bridgehead atoms. The number of anilines is 2.